The van der Waals surface area contributed by atoms with Crippen molar-refractivity contribution in [3.8, 4) is 5.75 Å². The summed E-state index contributed by atoms with van der Waals surface area (Å²) in [5.74, 6) is 0.842. The van der Waals surface area contributed by atoms with Crippen LogP contribution in [0.25, 0.3) is 10.2 Å². The molecule has 0 saturated heterocycles. The normalized spacial score (nSPS) is 10.8. The fraction of sp³-hybridized carbons (Fsp3) is 0.233. The van der Waals surface area contributed by atoms with E-state index in [9.17, 15) is 8.42 Å². The van der Waals surface area contributed by atoms with E-state index in [2.05, 4.69) is 100 Å². The minimum Gasteiger partial charge on any atom is -1.00 e. The van der Waals surface area contributed by atoms with Gasteiger partial charge < -0.3 is 44.0 Å². The van der Waals surface area contributed by atoms with E-state index in [-0.39, 0.29) is 24.8 Å². The van der Waals surface area contributed by atoms with Crippen molar-refractivity contribution in [3.05, 3.63) is 104 Å². The molecule has 0 spiro atoms. The first-order valence-corrected chi connectivity index (χ1v) is 16.0. The third-order valence-corrected chi connectivity index (χ3v) is 7.75. The fourth-order valence-electron chi connectivity index (χ4n) is 4.18. The molecule has 0 unspecified atom stereocenters. The Kier molecular flexibility index (Phi) is 15.2. The number of ether oxygens (including phenoxy) is 1. The lowest BCUT2D eigenvalue weighted by atomic mass is 10.2. The van der Waals surface area contributed by atoms with Gasteiger partial charge in [0.2, 0.25) is 0 Å². The lowest BCUT2D eigenvalue weighted by Crippen LogP contribution is -3.00. The molecule has 0 saturated carbocycles. The van der Waals surface area contributed by atoms with Gasteiger partial charge in [-0.1, -0.05) is 12.1 Å². The van der Waals surface area contributed by atoms with E-state index in [1.165, 1.54) is 5.69 Å². The topological polar surface area (TPSA) is 115 Å². The number of thiazole rings is 1. The summed E-state index contributed by atoms with van der Waals surface area (Å²) in [4.78, 5) is 2.42. The highest BCUT2D eigenvalue weighted by molar-refractivity contribution is 7.85. The summed E-state index contributed by atoms with van der Waals surface area (Å²) >= 11 is 1.60. The van der Waals surface area contributed by atoms with Crippen molar-refractivity contribution in [3.63, 3.8) is 0 Å². The van der Waals surface area contributed by atoms with Crippen molar-refractivity contribution < 1.29 is 61.3 Å². The van der Waals surface area contributed by atoms with Crippen LogP contribution >= 0.6 is 11.3 Å². The van der Waals surface area contributed by atoms with E-state index in [1.807, 2.05) is 43.4 Å². The average molecular weight is 694 g/mol. The smallest absolute Gasteiger partial charge is 0.409 e. The number of hydrogen-bond acceptors (Lipinski definition) is 9. The molecular formula is C30H34Cl2N6O5S2. The molecule has 0 fully saturated rings. The maximum absolute atomic E-state index is 9.47. The monoisotopic (exact) mass is 692 g/mol. The average Bonchev–Trinajstić information content (AvgIpc) is 3.35. The Morgan fingerprint density at radius 3 is 1.87 bits per heavy atom. The minimum atomic E-state index is -3.72. The van der Waals surface area contributed by atoms with Gasteiger partial charge in [0.15, 0.2) is 37.9 Å². The van der Waals surface area contributed by atoms with Crippen LogP contribution in [-0.2, 0) is 34.6 Å². The molecule has 240 valence electrons. The molecule has 5 rings (SSSR count). The van der Waals surface area contributed by atoms with Crippen LogP contribution in [0.15, 0.2) is 114 Å². The molecule has 0 amide bonds. The van der Waals surface area contributed by atoms with E-state index in [1.54, 1.807) is 18.4 Å². The van der Waals surface area contributed by atoms with Crippen LogP contribution in [0.3, 0.4) is 0 Å². The number of aromatic nitrogens is 3. The van der Waals surface area contributed by atoms with Gasteiger partial charge in [0, 0.05) is 36.0 Å². The lowest BCUT2D eigenvalue weighted by Gasteiger charge is -2.22. The number of aryl methyl sites for hydroxylation is 1. The molecule has 2 aromatic carbocycles. The predicted molar refractivity (Wildman–Crippen MR) is 162 cm³/mol. The molecular weight excluding hydrogens is 659 g/mol. The first kappa shape index (κ1) is 37.5. The van der Waals surface area contributed by atoms with Gasteiger partial charge in [0.25, 0.3) is 10.1 Å². The van der Waals surface area contributed by atoms with Crippen LogP contribution in [0.5, 0.6) is 5.75 Å². The number of rotatable bonds is 11. The third-order valence-electron chi connectivity index (χ3n) is 6.42. The maximum Gasteiger partial charge on any atom is 0.409 e. The Morgan fingerprint density at radius 1 is 0.844 bits per heavy atom. The molecule has 0 atom stereocenters. The highest BCUT2D eigenvalue weighted by Crippen LogP contribution is 2.30. The maximum atomic E-state index is 9.47. The minimum absolute atomic E-state index is 0. The quantitative estimate of drug-likeness (QED) is 0.0639. The number of hydrogen-bond donors (Lipinski definition) is 0. The largest absolute Gasteiger partial charge is 1.00 e. The van der Waals surface area contributed by atoms with Crippen LogP contribution in [-0.4, -0.2) is 34.9 Å². The van der Waals surface area contributed by atoms with Gasteiger partial charge in [0.1, 0.15) is 17.0 Å². The van der Waals surface area contributed by atoms with Crippen molar-refractivity contribution in [1.29, 1.82) is 0 Å². The van der Waals surface area contributed by atoms with Crippen LogP contribution in [0, 0.1) is 0 Å². The first-order chi connectivity index (χ1) is 20.8. The van der Waals surface area contributed by atoms with Gasteiger partial charge in [-0.25, -0.2) is 22.1 Å². The molecule has 0 aliphatic carbocycles. The van der Waals surface area contributed by atoms with Crippen molar-refractivity contribution in [1.82, 2.24) is 0 Å². The summed E-state index contributed by atoms with van der Waals surface area (Å²) in [6, 6.07) is 26.7. The molecule has 45 heavy (non-hydrogen) atoms. The summed E-state index contributed by atoms with van der Waals surface area (Å²) in [5, 5.41) is 18.8. The SMILES string of the molecule is COc1ccc2c(c1)sc(N=Nc1ccc(N(CC[n+]3ccccc3)CC[n+]3ccccc3)cc1)[n+]2C.CS(=O)(=O)O[O-].[Cl-].[Cl-]. The van der Waals surface area contributed by atoms with Crippen molar-refractivity contribution >= 4 is 48.2 Å². The number of azo groups is 1. The molecule has 0 N–H and O–H groups in total. The summed E-state index contributed by atoms with van der Waals surface area (Å²) < 4.78 is 34.5. The number of halogens is 2. The Morgan fingerprint density at radius 2 is 1.38 bits per heavy atom. The number of pyridine rings is 2. The highest BCUT2D eigenvalue weighted by Gasteiger charge is 2.17. The number of methoxy groups -OCH3 is 1. The number of nitrogens with zero attached hydrogens (tertiary/aromatic N) is 6. The standard InChI is InChI=1S/C29H31N6OS.CH4O4S.2ClH/c1-32-27-14-13-26(36-2)23-28(27)37-29(32)31-30-24-9-11-25(12-10-24)35(21-19-33-15-5-3-6-16-33)22-20-34-17-7-4-8-18-34;1-6(3,4)5-2;;/h3-18,23H,19-22H2,1-2H3;2H,1H3;2*1H/q+3;;;/p-3. The number of fused-ring (bicyclic) bond motifs is 1. The van der Waals surface area contributed by atoms with Gasteiger partial charge >= 0.3 is 5.13 Å². The lowest BCUT2D eigenvalue weighted by molar-refractivity contribution is -0.697. The highest BCUT2D eigenvalue weighted by atomic mass is 35.5. The van der Waals surface area contributed by atoms with Crippen molar-refractivity contribution in [2.45, 2.75) is 13.1 Å². The molecule has 0 bridgehead atoms. The molecule has 11 nitrogen and oxygen atoms in total. The van der Waals surface area contributed by atoms with Gasteiger partial charge in [-0.05, 0) is 52.8 Å². The summed E-state index contributed by atoms with van der Waals surface area (Å²) in [6.45, 7) is 3.64. The predicted octanol–water partition coefficient (Wildman–Crippen LogP) is -2.82. The Balaban J connectivity index is 0.000000805. The Labute approximate surface area is 279 Å². The van der Waals surface area contributed by atoms with Gasteiger partial charge in [0.05, 0.1) is 43.3 Å². The molecule has 0 aliphatic heterocycles. The fourth-order valence-corrected chi connectivity index (χ4v) is 5.18. The third kappa shape index (κ3) is 11.6. The second kappa shape index (κ2) is 18.3. The van der Waals surface area contributed by atoms with Crippen molar-refractivity contribution in [2.24, 2.45) is 17.3 Å². The van der Waals surface area contributed by atoms with Crippen LogP contribution < -0.4 is 53.4 Å². The van der Waals surface area contributed by atoms with E-state index < -0.39 is 10.1 Å². The summed E-state index contributed by atoms with van der Waals surface area (Å²) in [5.41, 5.74) is 3.11. The van der Waals surface area contributed by atoms with Crippen molar-refractivity contribution in [2.75, 3.05) is 31.4 Å². The van der Waals surface area contributed by atoms with Crippen LogP contribution in [0.2, 0.25) is 0 Å². The zero-order chi connectivity index (χ0) is 30.7. The van der Waals surface area contributed by atoms with Gasteiger partial charge in [-0.3, -0.25) is 0 Å². The van der Waals surface area contributed by atoms with E-state index in [4.69, 9.17) is 9.99 Å². The number of anilines is 1. The van der Waals surface area contributed by atoms with Crippen LogP contribution in [0.1, 0.15) is 0 Å². The zero-order valence-corrected chi connectivity index (χ0v) is 28.1. The van der Waals surface area contributed by atoms with E-state index >= 15 is 0 Å². The zero-order valence-electron chi connectivity index (χ0n) is 24.9. The Hall–Kier alpha value is -3.72. The molecule has 5 aromatic rings. The molecule has 3 heterocycles. The van der Waals surface area contributed by atoms with Crippen LogP contribution in [0.4, 0.5) is 16.5 Å². The number of benzene rings is 2. The second-order valence-corrected chi connectivity index (χ2v) is 12.0. The summed E-state index contributed by atoms with van der Waals surface area (Å²) in [7, 11) is -0.0258. The van der Waals surface area contributed by atoms with Gasteiger partial charge in [-0.15, -0.1) is 0 Å². The second-order valence-electron chi connectivity index (χ2n) is 9.48. The molecule has 0 radical (unpaired) electrons. The summed E-state index contributed by atoms with van der Waals surface area (Å²) in [6.07, 6.45) is 9.12. The van der Waals surface area contributed by atoms with E-state index in [0.717, 1.165) is 53.0 Å². The Bertz CT molecular complexity index is 1700. The molecule has 0 aliphatic rings. The first-order valence-electron chi connectivity index (χ1n) is 13.4. The molecule has 15 heteroatoms. The van der Waals surface area contributed by atoms with Gasteiger partial charge in [-0.2, -0.15) is 0 Å². The molecule has 3 aromatic heterocycles. The van der Waals surface area contributed by atoms with E-state index in [0.29, 0.717) is 6.26 Å².